The van der Waals surface area contributed by atoms with Crippen molar-refractivity contribution in [1.82, 2.24) is 14.8 Å². The molecule has 1 heterocycles. The van der Waals surface area contributed by atoms with E-state index < -0.39 is 0 Å². The molecular formula is C9H17N3OS. The van der Waals surface area contributed by atoms with Gasteiger partial charge in [0.05, 0.1) is 0 Å². The third kappa shape index (κ3) is 2.04. The van der Waals surface area contributed by atoms with Crippen LogP contribution in [0.1, 0.15) is 39.6 Å². The summed E-state index contributed by atoms with van der Waals surface area (Å²) in [5.74, 6) is 0.838. The molecule has 5 heteroatoms. The zero-order valence-electron chi connectivity index (χ0n) is 9.29. The molecule has 14 heavy (non-hydrogen) atoms. The fourth-order valence-corrected chi connectivity index (χ4v) is 1.75. The molecule has 1 unspecified atom stereocenters. The van der Waals surface area contributed by atoms with Crippen LogP contribution in [0, 0.1) is 4.77 Å². The van der Waals surface area contributed by atoms with Crippen molar-refractivity contribution < 1.29 is 4.74 Å². The van der Waals surface area contributed by atoms with Crippen LogP contribution in [-0.2, 0) is 10.3 Å². The van der Waals surface area contributed by atoms with Crippen molar-refractivity contribution in [2.75, 3.05) is 7.11 Å². The van der Waals surface area contributed by atoms with Gasteiger partial charge < -0.3 is 4.74 Å². The molecule has 0 aliphatic rings. The fourth-order valence-electron chi connectivity index (χ4n) is 1.34. The topological polar surface area (TPSA) is 42.8 Å². The molecule has 0 bridgehead atoms. The normalized spacial score (nSPS) is 14.4. The van der Waals surface area contributed by atoms with Gasteiger partial charge in [0.25, 0.3) is 0 Å². The molecule has 0 amide bonds. The highest BCUT2D eigenvalue weighted by molar-refractivity contribution is 7.71. The first-order valence-corrected chi connectivity index (χ1v) is 4.99. The van der Waals surface area contributed by atoms with Crippen LogP contribution in [-0.4, -0.2) is 21.9 Å². The summed E-state index contributed by atoms with van der Waals surface area (Å²) in [5.41, 5.74) is -0.0772. The average molecular weight is 215 g/mol. The molecule has 80 valence electrons. The SMILES string of the molecule is COC(C)c1n[nH]c(=S)n1C(C)(C)C. The minimum absolute atomic E-state index is 0.0535. The molecule has 0 aromatic carbocycles. The molecule has 0 radical (unpaired) electrons. The first-order chi connectivity index (χ1) is 6.38. The molecular weight excluding hydrogens is 198 g/mol. The highest BCUT2D eigenvalue weighted by Gasteiger charge is 2.22. The summed E-state index contributed by atoms with van der Waals surface area (Å²) in [6.45, 7) is 8.21. The monoisotopic (exact) mass is 215 g/mol. The molecule has 0 aliphatic carbocycles. The quantitative estimate of drug-likeness (QED) is 0.770. The van der Waals surface area contributed by atoms with Crippen molar-refractivity contribution in [3.05, 3.63) is 10.6 Å². The van der Waals surface area contributed by atoms with Gasteiger partial charge >= 0.3 is 0 Å². The maximum Gasteiger partial charge on any atom is 0.195 e. The minimum atomic E-state index is -0.0772. The zero-order valence-corrected chi connectivity index (χ0v) is 10.1. The predicted molar refractivity (Wildman–Crippen MR) is 57.8 cm³/mol. The molecule has 1 rings (SSSR count). The van der Waals surface area contributed by atoms with Crippen LogP contribution < -0.4 is 0 Å². The Hall–Kier alpha value is -0.680. The number of ether oxygens (including phenoxy) is 1. The van der Waals surface area contributed by atoms with Gasteiger partial charge in [-0.25, -0.2) is 0 Å². The van der Waals surface area contributed by atoms with Gasteiger partial charge in [-0.2, -0.15) is 5.10 Å². The Kier molecular flexibility index (Phi) is 3.11. The summed E-state index contributed by atoms with van der Waals surface area (Å²) in [6, 6.07) is 0. The van der Waals surface area contributed by atoms with Crippen LogP contribution in [0.5, 0.6) is 0 Å². The second-order valence-corrected chi connectivity index (χ2v) is 4.66. The second kappa shape index (κ2) is 3.82. The Morgan fingerprint density at radius 1 is 1.50 bits per heavy atom. The molecule has 1 N–H and O–H groups in total. The number of methoxy groups -OCH3 is 1. The molecule has 0 fully saturated rings. The highest BCUT2D eigenvalue weighted by atomic mass is 32.1. The first kappa shape index (κ1) is 11.4. The number of hydrogen-bond acceptors (Lipinski definition) is 3. The first-order valence-electron chi connectivity index (χ1n) is 4.58. The lowest BCUT2D eigenvalue weighted by molar-refractivity contribution is 0.104. The molecule has 4 nitrogen and oxygen atoms in total. The fraction of sp³-hybridized carbons (Fsp3) is 0.778. The lowest BCUT2D eigenvalue weighted by atomic mass is 10.1. The van der Waals surface area contributed by atoms with Crippen LogP contribution in [0.25, 0.3) is 0 Å². The van der Waals surface area contributed by atoms with E-state index >= 15 is 0 Å². The second-order valence-electron chi connectivity index (χ2n) is 4.27. The Balaban J connectivity index is 3.27. The molecule has 1 aromatic heterocycles. The third-order valence-electron chi connectivity index (χ3n) is 2.09. The zero-order chi connectivity index (χ0) is 10.9. The predicted octanol–water partition coefficient (Wildman–Crippen LogP) is 2.40. The van der Waals surface area contributed by atoms with Gasteiger partial charge in [-0.1, -0.05) is 0 Å². The molecule has 0 aliphatic heterocycles. The Morgan fingerprint density at radius 2 is 2.07 bits per heavy atom. The van der Waals surface area contributed by atoms with Crippen LogP contribution >= 0.6 is 12.2 Å². The summed E-state index contributed by atoms with van der Waals surface area (Å²) < 4.78 is 7.85. The van der Waals surface area contributed by atoms with E-state index in [0.29, 0.717) is 4.77 Å². The van der Waals surface area contributed by atoms with E-state index in [-0.39, 0.29) is 11.6 Å². The van der Waals surface area contributed by atoms with E-state index in [4.69, 9.17) is 17.0 Å². The van der Waals surface area contributed by atoms with Gasteiger partial charge in [0.1, 0.15) is 6.10 Å². The van der Waals surface area contributed by atoms with Crippen molar-refractivity contribution in [2.24, 2.45) is 0 Å². The van der Waals surface area contributed by atoms with E-state index in [1.807, 2.05) is 11.5 Å². The van der Waals surface area contributed by atoms with Crippen LogP contribution in [0.2, 0.25) is 0 Å². The van der Waals surface area contributed by atoms with Crippen LogP contribution in [0.4, 0.5) is 0 Å². The number of rotatable bonds is 2. The maximum absolute atomic E-state index is 5.24. The number of aromatic nitrogens is 3. The van der Waals surface area contributed by atoms with Crippen LogP contribution in [0.3, 0.4) is 0 Å². The smallest absolute Gasteiger partial charge is 0.195 e. The van der Waals surface area contributed by atoms with Gasteiger partial charge in [0, 0.05) is 12.6 Å². The summed E-state index contributed by atoms with van der Waals surface area (Å²) in [4.78, 5) is 0. The van der Waals surface area contributed by atoms with Crippen molar-refractivity contribution in [3.63, 3.8) is 0 Å². The average Bonchev–Trinajstić information content (AvgIpc) is 2.44. The van der Waals surface area contributed by atoms with E-state index in [2.05, 4.69) is 31.0 Å². The minimum Gasteiger partial charge on any atom is -0.374 e. The van der Waals surface area contributed by atoms with Gasteiger partial charge in [-0.05, 0) is 39.9 Å². The molecule has 0 saturated heterocycles. The van der Waals surface area contributed by atoms with E-state index in [9.17, 15) is 0 Å². The largest absolute Gasteiger partial charge is 0.374 e. The van der Waals surface area contributed by atoms with Gasteiger partial charge in [-0.15, -0.1) is 0 Å². The van der Waals surface area contributed by atoms with Gasteiger partial charge in [0.2, 0.25) is 0 Å². The standard InChI is InChI=1S/C9H17N3OS/c1-6(13-5)7-10-11-8(14)12(7)9(2,3)4/h6H,1-5H3,(H,11,14). The van der Waals surface area contributed by atoms with E-state index in [1.54, 1.807) is 7.11 Å². The summed E-state index contributed by atoms with van der Waals surface area (Å²) in [7, 11) is 1.66. The summed E-state index contributed by atoms with van der Waals surface area (Å²) in [6.07, 6.45) is -0.0535. The lowest BCUT2D eigenvalue weighted by Crippen LogP contribution is -2.25. The number of aromatic amines is 1. The summed E-state index contributed by atoms with van der Waals surface area (Å²) in [5, 5.41) is 6.97. The highest BCUT2D eigenvalue weighted by Crippen LogP contribution is 2.21. The Morgan fingerprint density at radius 3 is 2.50 bits per heavy atom. The Bertz CT molecular complexity index is 361. The summed E-state index contributed by atoms with van der Waals surface area (Å²) >= 11 is 5.18. The third-order valence-corrected chi connectivity index (χ3v) is 2.36. The van der Waals surface area contributed by atoms with Gasteiger partial charge in [-0.3, -0.25) is 9.67 Å². The van der Waals surface area contributed by atoms with E-state index in [1.165, 1.54) is 0 Å². The van der Waals surface area contributed by atoms with Crippen molar-refractivity contribution in [2.45, 2.75) is 39.3 Å². The van der Waals surface area contributed by atoms with Crippen molar-refractivity contribution >= 4 is 12.2 Å². The Labute approximate surface area is 89.3 Å². The number of H-pyrrole nitrogens is 1. The lowest BCUT2D eigenvalue weighted by Gasteiger charge is -2.24. The number of nitrogens with zero attached hydrogens (tertiary/aromatic N) is 2. The number of nitrogens with one attached hydrogen (secondary N) is 1. The maximum atomic E-state index is 5.24. The molecule has 0 saturated carbocycles. The molecule has 0 spiro atoms. The van der Waals surface area contributed by atoms with Gasteiger partial charge in [0.15, 0.2) is 10.6 Å². The molecule has 1 aromatic rings. The van der Waals surface area contributed by atoms with Crippen molar-refractivity contribution in [3.8, 4) is 0 Å². The van der Waals surface area contributed by atoms with E-state index in [0.717, 1.165) is 5.82 Å². The van der Waals surface area contributed by atoms with Crippen molar-refractivity contribution in [1.29, 1.82) is 0 Å². The number of hydrogen-bond donors (Lipinski definition) is 1. The molecule has 1 atom stereocenters. The van der Waals surface area contributed by atoms with Crippen LogP contribution in [0.15, 0.2) is 0 Å².